The average molecular weight is 560 g/mol. The lowest BCUT2D eigenvalue weighted by Crippen LogP contribution is -2.48. The van der Waals surface area contributed by atoms with E-state index in [0.29, 0.717) is 0 Å². The van der Waals surface area contributed by atoms with Gasteiger partial charge in [0.2, 0.25) is 0 Å². The van der Waals surface area contributed by atoms with Crippen molar-refractivity contribution in [3.63, 3.8) is 0 Å². The van der Waals surface area contributed by atoms with Crippen LogP contribution < -0.4 is 5.73 Å². The SMILES string of the molecule is C=C1N=C(N)C=CN1[C@@H]1O[C@@](COP(=O)(O)OP(=O)(O)OP(=O)(O)O)(CSC)[C@@H](O)[C@H]1Cl. The number of hydrogen-bond acceptors (Lipinski definition) is 12. The molecule has 0 aromatic rings. The van der Waals surface area contributed by atoms with Crippen molar-refractivity contribution in [1.29, 1.82) is 0 Å². The first-order valence-corrected chi connectivity index (χ1v) is 14.6. The Morgan fingerprint density at radius 3 is 2.47 bits per heavy atom. The molecule has 184 valence electrons. The van der Waals surface area contributed by atoms with E-state index in [1.165, 1.54) is 17.2 Å². The highest BCUT2D eigenvalue weighted by Gasteiger charge is 2.57. The second kappa shape index (κ2) is 10.1. The van der Waals surface area contributed by atoms with Gasteiger partial charge in [0.1, 0.15) is 28.7 Å². The Bertz CT molecular complexity index is 945. The van der Waals surface area contributed by atoms with Crippen LogP contribution in [0.1, 0.15) is 0 Å². The molecule has 32 heavy (non-hydrogen) atoms. The maximum atomic E-state index is 12.1. The average Bonchev–Trinajstić information content (AvgIpc) is 2.83. The lowest BCUT2D eigenvalue weighted by atomic mass is 10.00. The molecule has 0 radical (unpaired) electrons. The van der Waals surface area contributed by atoms with Crippen LogP contribution in [-0.2, 0) is 31.6 Å². The second-order valence-corrected chi connectivity index (χ2v) is 12.2. The summed E-state index contributed by atoms with van der Waals surface area (Å²) < 4.78 is 52.2. The van der Waals surface area contributed by atoms with Gasteiger partial charge in [0, 0.05) is 12.0 Å². The Labute approximate surface area is 191 Å². The molecule has 2 aliphatic heterocycles. The Hall–Kier alpha value is -0.280. The van der Waals surface area contributed by atoms with E-state index in [4.69, 9.17) is 31.9 Å². The Balaban J connectivity index is 2.19. The highest BCUT2D eigenvalue weighted by Crippen LogP contribution is 2.66. The van der Waals surface area contributed by atoms with Crippen molar-refractivity contribution < 1.29 is 56.3 Å². The van der Waals surface area contributed by atoms with Gasteiger partial charge in [-0.05, 0) is 12.3 Å². The fraction of sp³-hybridized carbons (Fsp3) is 0.583. The lowest BCUT2D eigenvalue weighted by Gasteiger charge is -2.33. The molecule has 15 nitrogen and oxygen atoms in total. The highest BCUT2D eigenvalue weighted by molar-refractivity contribution is 7.98. The molecule has 2 heterocycles. The summed E-state index contributed by atoms with van der Waals surface area (Å²) in [6.07, 6.45) is 1.95. The largest absolute Gasteiger partial charge is 0.490 e. The molecule has 0 amide bonds. The molecule has 0 aliphatic carbocycles. The number of phosphoric ester groups is 1. The van der Waals surface area contributed by atoms with E-state index in [9.17, 15) is 28.6 Å². The first-order chi connectivity index (χ1) is 14.5. The van der Waals surface area contributed by atoms with Crippen LogP contribution in [-0.4, -0.2) is 77.3 Å². The van der Waals surface area contributed by atoms with Crippen molar-refractivity contribution in [3.05, 3.63) is 24.7 Å². The van der Waals surface area contributed by atoms with Gasteiger partial charge < -0.3 is 40.1 Å². The fourth-order valence-electron chi connectivity index (χ4n) is 2.77. The van der Waals surface area contributed by atoms with Gasteiger partial charge in [-0.3, -0.25) is 4.52 Å². The third-order valence-corrected chi connectivity index (χ3v) is 9.00. The predicted octanol–water partition coefficient (Wildman–Crippen LogP) is 0.414. The number of aliphatic hydroxyl groups is 1. The number of aliphatic hydroxyl groups excluding tert-OH is 1. The van der Waals surface area contributed by atoms with Gasteiger partial charge in [-0.15, -0.1) is 11.6 Å². The number of ether oxygens (including phenoxy) is 1. The molecule has 0 aromatic heterocycles. The Kier molecular flexibility index (Phi) is 8.86. The van der Waals surface area contributed by atoms with E-state index in [0.717, 1.165) is 11.8 Å². The summed E-state index contributed by atoms with van der Waals surface area (Å²) in [7, 11) is -16.7. The molecule has 0 aromatic carbocycles. The summed E-state index contributed by atoms with van der Waals surface area (Å²) >= 11 is 7.47. The van der Waals surface area contributed by atoms with Gasteiger partial charge in [-0.1, -0.05) is 6.58 Å². The summed E-state index contributed by atoms with van der Waals surface area (Å²) in [4.78, 5) is 41.5. The second-order valence-electron chi connectivity index (χ2n) is 6.44. The Morgan fingerprint density at radius 1 is 1.31 bits per heavy atom. The maximum absolute atomic E-state index is 12.1. The Morgan fingerprint density at radius 2 is 1.94 bits per heavy atom. The topological polar surface area (TPSA) is 231 Å². The van der Waals surface area contributed by atoms with Crippen LogP contribution in [0.3, 0.4) is 0 Å². The minimum Gasteiger partial charge on any atom is -0.388 e. The molecule has 0 bridgehead atoms. The fourth-order valence-corrected chi connectivity index (χ4v) is 7.06. The van der Waals surface area contributed by atoms with Crippen molar-refractivity contribution in [2.24, 2.45) is 10.7 Å². The van der Waals surface area contributed by atoms with Crippen LogP contribution in [0.5, 0.6) is 0 Å². The van der Waals surface area contributed by atoms with E-state index in [1.54, 1.807) is 6.26 Å². The molecule has 1 saturated heterocycles. The van der Waals surface area contributed by atoms with Gasteiger partial charge in [0.25, 0.3) is 0 Å². The van der Waals surface area contributed by atoms with Crippen LogP contribution in [0.4, 0.5) is 0 Å². The van der Waals surface area contributed by atoms with E-state index in [1.807, 2.05) is 0 Å². The van der Waals surface area contributed by atoms with Gasteiger partial charge in [-0.2, -0.15) is 20.4 Å². The van der Waals surface area contributed by atoms with E-state index in [2.05, 4.69) is 24.7 Å². The zero-order valence-corrected chi connectivity index (χ0v) is 20.5. The first-order valence-electron chi connectivity index (χ1n) is 8.28. The molecule has 2 rings (SSSR count). The molecular formula is C12H21ClN3O12P3S. The van der Waals surface area contributed by atoms with Crippen molar-refractivity contribution >= 4 is 52.7 Å². The molecule has 1 fully saturated rings. The van der Waals surface area contributed by atoms with Gasteiger partial charge >= 0.3 is 23.5 Å². The molecule has 6 atom stereocenters. The first kappa shape index (κ1) is 28.0. The van der Waals surface area contributed by atoms with Crippen LogP contribution in [0.25, 0.3) is 0 Å². The number of aliphatic imine (C=N–C) groups is 1. The number of rotatable bonds is 10. The number of alkyl halides is 1. The zero-order chi connectivity index (χ0) is 24.5. The quantitative estimate of drug-likeness (QED) is 0.157. The number of phosphoric acid groups is 3. The third-order valence-electron chi connectivity index (χ3n) is 3.98. The summed E-state index contributed by atoms with van der Waals surface area (Å²) in [6, 6.07) is 0. The van der Waals surface area contributed by atoms with E-state index >= 15 is 0 Å². The third kappa shape index (κ3) is 7.11. The minimum absolute atomic E-state index is 0.0287. The van der Waals surface area contributed by atoms with Gasteiger partial charge in [0.15, 0.2) is 6.23 Å². The zero-order valence-electron chi connectivity index (χ0n) is 16.2. The van der Waals surface area contributed by atoms with Crippen LogP contribution in [0.2, 0.25) is 0 Å². The van der Waals surface area contributed by atoms with Crippen molar-refractivity contribution in [3.8, 4) is 0 Å². The number of amidine groups is 1. The van der Waals surface area contributed by atoms with Crippen molar-refractivity contribution in [2.75, 3.05) is 18.6 Å². The molecule has 7 N–H and O–H groups in total. The summed E-state index contributed by atoms with van der Waals surface area (Å²) in [5.74, 6) is 0.277. The maximum Gasteiger partial charge on any atom is 0.490 e. The molecular weight excluding hydrogens is 539 g/mol. The molecule has 2 unspecified atom stereocenters. The number of hydrogen-bond donors (Lipinski definition) is 6. The molecule has 2 aliphatic rings. The van der Waals surface area contributed by atoms with Crippen LogP contribution >= 0.6 is 46.8 Å². The summed E-state index contributed by atoms with van der Waals surface area (Å²) in [5, 5.41) is 9.60. The molecule has 0 saturated carbocycles. The number of nitrogens with zero attached hydrogens (tertiary/aromatic N) is 2. The smallest absolute Gasteiger partial charge is 0.388 e. The number of halogens is 1. The van der Waals surface area contributed by atoms with Crippen LogP contribution in [0, 0.1) is 0 Å². The standard InChI is InChI=1S/C12H21ClN3O12P3S/c1-7-15-8(14)3-4-16(7)11-9(13)10(17)12(26-11,6-32-2)5-25-30(21,22)28-31(23,24)27-29(18,19)20/h3-4,9-11,17H,1,5-6H2,2H3,(H2,14,15)(H,21,22)(H,23,24)(H2,18,19,20)/t9-,10+,11-,12+/m1/s1. The monoisotopic (exact) mass is 559 g/mol. The van der Waals surface area contributed by atoms with Crippen molar-refractivity contribution in [1.82, 2.24) is 4.90 Å². The summed E-state index contributed by atoms with van der Waals surface area (Å²) in [6.45, 7) is 2.83. The highest BCUT2D eigenvalue weighted by atomic mass is 35.5. The molecule has 20 heteroatoms. The van der Waals surface area contributed by atoms with Crippen LogP contribution in [0.15, 0.2) is 29.7 Å². The normalized spacial score (nSPS) is 32.5. The number of thioether (sulfide) groups is 1. The van der Waals surface area contributed by atoms with Gasteiger partial charge in [-0.25, -0.2) is 18.7 Å². The summed E-state index contributed by atoms with van der Waals surface area (Å²) in [5.41, 5.74) is 3.87. The lowest BCUT2D eigenvalue weighted by molar-refractivity contribution is -0.117. The predicted molar refractivity (Wildman–Crippen MR) is 113 cm³/mol. The van der Waals surface area contributed by atoms with E-state index in [-0.39, 0.29) is 17.4 Å². The minimum atomic E-state index is -5.70. The molecule has 0 spiro atoms. The van der Waals surface area contributed by atoms with E-state index < -0.39 is 53.4 Å². The van der Waals surface area contributed by atoms with Crippen molar-refractivity contribution in [2.45, 2.75) is 23.3 Å². The number of nitrogens with two attached hydrogens (primary N) is 1. The van der Waals surface area contributed by atoms with Gasteiger partial charge in [0.05, 0.1) is 6.61 Å².